The number of para-hydroxylation sites is 1. The number of carbonyl (C=O) groups excluding carboxylic acids is 1. The van der Waals surface area contributed by atoms with E-state index in [1.807, 2.05) is 23.1 Å². The van der Waals surface area contributed by atoms with Gasteiger partial charge in [-0.25, -0.2) is 33.2 Å². The van der Waals surface area contributed by atoms with E-state index in [4.69, 9.17) is 4.74 Å². The van der Waals surface area contributed by atoms with Gasteiger partial charge in [0, 0.05) is 44.4 Å². The van der Waals surface area contributed by atoms with Gasteiger partial charge in [-0.1, -0.05) is 12.1 Å². The molecular formula is C31H26F2N10O3. The summed E-state index contributed by atoms with van der Waals surface area (Å²) in [5.41, 5.74) is 2.83. The molecule has 1 N–H and O–H groups in total. The molecule has 0 spiro atoms. The molecule has 2 aliphatic heterocycles. The second-order valence-corrected chi connectivity index (χ2v) is 11.4. The zero-order valence-corrected chi connectivity index (χ0v) is 24.5. The number of nitrogens with one attached hydrogen (secondary N) is 1. The molecule has 0 unspecified atom stereocenters. The van der Waals surface area contributed by atoms with E-state index >= 15 is 0 Å². The smallest absolute Gasteiger partial charge is 0.326 e. The number of H-pyrrole nitrogens is 1. The van der Waals surface area contributed by atoms with E-state index in [2.05, 4.69) is 30.0 Å². The van der Waals surface area contributed by atoms with Gasteiger partial charge >= 0.3 is 11.7 Å². The third-order valence-corrected chi connectivity index (χ3v) is 8.53. The maximum absolute atomic E-state index is 14.7. The molecule has 0 aliphatic carbocycles. The summed E-state index contributed by atoms with van der Waals surface area (Å²) < 4.78 is 37.6. The van der Waals surface area contributed by atoms with Crippen LogP contribution >= 0.6 is 0 Å². The minimum absolute atomic E-state index is 0.0230. The van der Waals surface area contributed by atoms with Crippen LogP contribution in [0.4, 0.5) is 14.6 Å². The Hall–Kier alpha value is -5.73. The van der Waals surface area contributed by atoms with Crippen LogP contribution in [0.15, 0.2) is 66.0 Å². The summed E-state index contributed by atoms with van der Waals surface area (Å²) in [7, 11) is 1.73. The first-order valence-electron chi connectivity index (χ1n) is 14.7. The lowest BCUT2D eigenvalue weighted by Crippen LogP contribution is -2.45. The zero-order chi connectivity index (χ0) is 31.5. The molecule has 1 amide bonds. The highest BCUT2D eigenvalue weighted by molar-refractivity contribution is 5.93. The second-order valence-electron chi connectivity index (χ2n) is 11.4. The quantitative estimate of drug-likeness (QED) is 0.308. The number of ether oxygens (including phenoxy) is 1. The number of rotatable bonds is 2. The average molecular weight is 625 g/mol. The number of amides is 1. The van der Waals surface area contributed by atoms with Crippen molar-refractivity contribution in [3.8, 4) is 23.0 Å². The predicted molar refractivity (Wildman–Crippen MR) is 163 cm³/mol. The minimum atomic E-state index is -0.796. The Bertz CT molecular complexity index is 2210. The fourth-order valence-electron chi connectivity index (χ4n) is 6.41. The number of fused-ring (bicyclic) bond motifs is 6. The first kappa shape index (κ1) is 27.8. The van der Waals surface area contributed by atoms with Gasteiger partial charge in [0.2, 0.25) is 5.91 Å². The van der Waals surface area contributed by atoms with Crippen LogP contribution in [-0.2, 0) is 11.3 Å². The molecule has 2 aromatic carbocycles. The Balaban J connectivity index is 1.20. The molecule has 2 aliphatic rings. The number of hydrogen-bond acceptors (Lipinski definition) is 9. The van der Waals surface area contributed by atoms with Gasteiger partial charge in [-0.15, -0.1) is 0 Å². The molecule has 8 rings (SSSR count). The van der Waals surface area contributed by atoms with Crippen LogP contribution < -0.4 is 15.3 Å². The van der Waals surface area contributed by atoms with E-state index in [1.165, 1.54) is 23.3 Å². The number of aryl methyl sites for hydroxylation is 1. The molecule has 15 heteroatoms. The molecule has 232 valence electrons. The molecule has 6 heterocycles. The van der Waals surface area contributed by atoms with Crippen molar-refractivity contribution in [2.75, 3.05) is 25.0 Å². The molecule has 2 atom stereocenters. The molecular weight excluding hydrogens is 598 g/mol. The molecule has 1 fully saturated rings. The monoisotopic (exact) mass is 624 g/mol. The Kier molecular flexibility index (Phi) is 6.47. The van der Waals surface area contributed by atoms with Gasteiger partial charge in [-0.3, -0.25) is 9.36 Å². The molecule has 6 aromatic rings. The van der Waals surface area contributed by atoms with Crippen LogP contribution in [0.5, 0.6) is 6.01 Å². The normalized spacial score (nSPS) is 18.5. The minimum Gasteiger partial charge on any atom is -0.458 e. The number of nitrogens with zero attached hydrogens (tertiary/aromatic N) is 9. The number of aromatic nitrogens is 8. The second kappa shape index (κ2) is 10.7. The Morgan fingerprint density at radius 3 is 2.80 bits per heavy atom. The van der Waals surface area contributed by atoms with Gasteiger partial charge in [-0.2, -0.15) is 10.1 Å². The van der Waals surface area contributed by atoms with Crippen molar-refractivity contribution in [2.45, 2.75) is 31.5 Å². The van der Waals surface area contributed by atoms with Gasteiger partial charge < -0.3 is 19.5 Å². The number of likely N-dealkylation sites (N-methyl/N-ethyl adjacent to an activating group) is 1. The zero-order valence-electron chi connectivity index (χ0n) is 24.5. The van der Waals surface area contributed by atoms with Gasteiger partial charge in [0.05, 0.1) is 34.9 Å². The van der Waals surface area contributed by atoms with Gasteiger partial charge in [-0.05, 0) is 30.7 Å². The van der Waals surface area contributed by atoms with Crippen molar-refractivity contribution in [3.05, 3.63) is 83.3 Å². The SMILES string of the molecule is CN1CCCn2c(=O)[nH]c3cccc(c32)-c2ccnc(n2)O[C@H]2C[C@@H](C1=O)N(c1ncnc3c1cnn3-c1ccc(F)cc1F)C2. The van der Waals surface area contributed by atoms with Gasteiger partial charge in [0.1, 0.15) is 35.8 Å². The number of anilines is 1. The molecule has 0 radical (unpaired) electrons. The summed E-state index contributed by atoms with van der Waals surface area (Å²) in [6, 6.07) is 10.0. The number of halogens is 2. The van der Waals surface area contributed by atoms with E-state index < -0.39 is 23.8 Å². The van der Waals surface area contributed by atoms with Crippen LogP contribution in [0, 0.1) is 11.6 Å². The van der Waals surface area contributed by atoms with Crippen molar-refractivity contribution in [2.24, 2.45) is 0 Å². The highest BCUT2D eigenvalue weighted by atomic mass is 19.1. The van der Waals surface area contributed by atoms with E-state index in [0.29, 0.717) is 54.0 Å². The Labute approximate surface area is 259 Å². The number of benzene rings is 2. The topological polar surface area (TPSA) is 140 Å². The van der Waals surface area contributed by atoms with Crippen LogP contribution in [0.3, 0.4) is 0 Å². The first-order chi connectivity index (χ1) is 22.4. The van der Waals surface area contributed by atoms with Crippen molar-refractivity contribution in [1.82, 2.24) is 44.2 Å². The third-order valence-electron chi connectivity index (χ3n) is 8.53. The summed E-state index contributed by atoms with van der Waals surface area (Å²) in [5.74, 6) is -1.25. The summed E-state index contributed by atoms with van der Waals surface area (Å²) in [6.45, 7) is 1.04. The van der Waals surface area contributed by atoms with Gasteiger partial charge in [0.25, 0.3) is 0 Å². The third kappa shape index (κ3) is 4.53. The standard InChI is InChI=1S/C31H26F2N10O3/c1-40-10-3-11-41-26-19(4-2-5-23(26)39-31(41)45)22-8-9-34-30(38-22)46-18-13-25(29(40)44)42(15-18)27-20-14-37-43(28(20)36-16-35-27)24-7-6-17(32)12-21(24)33/h2,4-9,12,14,16,18,25H,3,10-11,13,15H2,1H3,(H,39,45)/t18-,25-/m0/s1. The van der Waals surface area contributed by atoms with Crippen LogP contribution in [0.1, 0.15) is 12.8 Å². The maximum Gasteiger partial charge on any atom is 0.326 e. The number of aromatic amines is 1. The van der Waals surface area contributed by atoms with Crippen LogP contribution in [0.2, 0.25) is 0 Å². The van der Waals surface area contributed by atoms with Crippen molar-refractivity contribution < 1.29 is 18.3 Å². The number of carbonyl (C=O) groups is 1. The molecule has 13 nitrogen and oxygen atoms in total. The molecule has 1 saturated heterocycles. The van der Waals surface area contributed by atoms with Crippen molar-refractivity contribution in [1.29, 1.82) is 0 Å². The molecule has 46 heavy (non-hydrogen) atoms. The fraction of sp³-hybridized carbons (Fsp3) is 0.258. The average Bonchev–Trinajstić information content (AvgIpc) is 3.75. The van der Waals surface area contributed by atoms with E-state index in [0.717, 1.165) is 23.2 Å². The lowest BCUT2D eigenvalue weighted by molar-refractivity contribution is -0.131. The summed E-state index contributed by atoms with van der Waals surface area (Å²) >= 11 is 0. The summed E-state index contributed by atoms with van der Waals surface area (Å²) in [4.78, 5) is 51.3. The summed E-state index contributed by atoms with van der Waals surface area (Å²) in [6.07, 6.45) is 4.78. The first-order valence-corrected chi connectivity index (χ1v) is 14.7. The molecule has 0 saturated carbocycles. The lowest BCUT2D eigenvalue weighted by Gasteiger charge is -2.28. The Morgan fingerprint density at radius 2 is 1.93 bits per heavy atom. The van der Waals surface area contributed by atoms with E-state index in [9.17, 15) is 18.4 Å². The highest BCUT2D eigenvalue weighted by Crippen LogP contribution is 2.34. The highest BCUT2D eigenvalue weighted by Gasteiger charge is 2.41. The number of imidazole rings is 1. The van der Waals surface area contributed by atoms with Crippen LogP contribution in [-0.4, -0.2) is 82.4 Å². The largest absolute Gasteiger partial charge is 0.458 e. The predicted octanol–water partition coefficient (Wildman–Crippen LogP) is 3.08. The van der Waals surface area contributed by atoms with Crippen molar-refractivity contribution >= 4 is 33.8 Å². The lowest BCUT2D eigenvalue weighted by atomic mass is 10.1. The van der Waals surface area contributed by atoms with Gasteiger partial charge in [0.15, 0.2) is 11.5 Å². The summed E-state index contributed by atoms with van der Waals surface area (Å²) in [5, 5.41) is 4.81. The van der Waals surface area contributed by atoms with Crippen LogP contribution in [0.25, 0.3) is 39.0 Å². The molecule has 4 aromatic heterocycles. The maximum atomic E-state index is 14.7. The Morgan fingerprint density at radius 1 is 1.04 bits per heavy atom. The van der Waals surface area contributed by atoms with E-state index in [1.54, 1.807) is 28.8 Å². The van der Waals surface area contributed by atoms with E-state index in [-0.39, 0.29) is 29.8 Å². The molecule has 4 bridgehead atoms. The fourth-order valence-corrected chi connectivity index (χ4v) is 6.41. The van der Waals surface area contributed by atoms with Crippen molar-refractivity contribution in [3.63, 3.8) is 0 Å². The number of hydrogen-bond donors (Lipinski definition) is 1.